The number of thiophene rings is 1. The van der Waals surface area contributed by atoms with Gasteiger partial charge in [0.2, 0.25) is 0 Å². The second kappa shape index (κ2) is 7.51. The summed E-state index contributed by atoms with van der Waals surface area (Å²) in [5.41, 5.74) is -1.01. The second-order valence-corrected chi connectivity index (χ2v) is 8.19. The largest absolute Gasteiger partial charge is 0.383 e. The van der Waals surface area contributed by atoms with Crippen LogP contribution in [-0.4, -0.2) is 34.7 Å². The van der Waals surface area contributed by atoms with Crippen LogP contribution in [0.2, 0.25) is 0 Å². The number of aliphatic hydroxyl groups is 1. The first kappa shape index (κ1) is 16.6. The molecule has 2 rings (SSSR count). The van der Waals surface area contributed by atoms with Gasteiger partial charge >= 0.3 is 6.03 Å². The molecule has 1 aliphatic carbocycles. The summed E-state index contributed by atoms with van der Waals surface area (Å²) < 4.78 is 0. The first-order chi connectivity index (χ1) is 10.0. The molecule has 3 unspecified atom stereocenters. The van der Waals surface area contributed by atoms with E-state index in [1.807, 2.05) is 29.3 Å². The van der Waals surface area contributed by atoms with Gasteiger partial charge in [-0.1, -0.05) is 13.0 Å². The number of amides is 2. The lowest BCUT2D eigenvalue weighted by Crippen LogP contribution is -2.46. The van der Waals surface area contributed by atoms with E-state index in [0.29, 0.717) is 5.25 Å². The Morgan fingerprint density at radius 3 is 3.05 bits per heavy atom. The number of nitrogens with one attached hydrogen (secondary N) is 2. The number of hydrogen-bond acceptors (Lipinski definition) is 4. The Balaban J connectivity index is 1.73. The smallest absolute Gasteiger partial charge is 0.315 e. The molecular weight excluding hydrogens is 304 g/mol. The quantitative estimate of drug-likeness (QED) is 0.752. The van der Waals surface area contributed by atoms with Gasteiger partial charge in [0.25, 0.3) is 0 Å². The molecular formula is C15H24N2O2S2. The van der Waals surface area contributed by atoms with Crippen LogP contribution < -0.4 is 10.6 Å². The highest BCUT2D eigenvalue weighted by atomic mass is 32.2. The normalized spacial score (nSPS) is 24.5. The van der Waals surface area contributed by atoms with Crippen molar-refractivity contribution < 1.29 is 9.90 Å². The first-order valence-corrected chi connectivity index (χ1v) is 9.36. The van der Waals surface area contributed by atoms with Crippen LogP contribution in [-0.2, 0) is 5.60 Å². The van der Waals surface area contributed by atoms with E-state index < -0.39 is 5.60 Å². The molecule has 2 amide bonds. The van der Waals surface area contributed by atoms with Crippen molar-refractivity contribution in [3.63, 3.8) is 0 Å². The monoisotopic (exact) mass is 328 g/mol. The zero-order valence-corrected chi connectivity index (χ0v) is 14.2. The van der Waals surface area contributed by atoms with E-state index in [1.54, 1.807) is 6.92 Å². The Hall–Kier alpha value is -0.720. The van der Waals surface area contributed by atoms with E-state index in [2.05, 4.69) is 17.6 Å². The first-order valence-electron chi connectivity index (χ1n) is 7.43. The molecule has 0 bridgehead atoms. The zero-order valence-electron chi connectivity index (χ0n) is 12.6. The number of thioether (sulfide) groups is 1. The molecule has 3 atom stereocenters. The summed E-state index contributed by atoms with van der Waals surface area (Å²) in [4.78, 5) is 12.8. The van der Waals surface area contributed by atoms with E-state index in [9.17, 15) is 9.90 Å². The fraction of sp³-hybridized carbons (Fsp3) is 0.667. The van der Waals surface area contributed by atoms with Gasteiger partial charge in [-0.05, 0) is 43.4 Å². The van der Waals surface area contributed by atoms with Crippen molar-refractivity contribution >= 4 is 29.1 Å². The molecule has 6 heteroatoms. The Kier molecular flexibility index (Phi) is 5.96. The third-order valence-electron chi connectivity index (χ3n) is 3.77. The van der Waals surface area contributed by atoms with E-state index in [4.69, 9.17) is 0 Å². The summed E-state index contributed by atoms with van der Waals surface area (Å²) in [6.45, 7) is 4.12. The van der Waals surface area contributed by atoms with Crippen molar-refractivity contribution in [1.29, 1.82) is 0 Å². The number of carbonyl (C=O) groups excluding carboxylic acids is 1. The number of carbonyl (C=O) groups is 1. The van der Waals surface area contributed by atoms with Crippen molar-refractivity contribution in [3.8, 4) is 0 Å². The molecule has 1 aliphatic rings. The highest BCUT2D eigenvalue weighted by Crippen LogP contribution is 2.29. The van der Waals surface area contributed by atoms with Crippen LogP contribution in [0.4, 0.5) is 4.79 Å². The predicted octanol–water partition coefficient (Wildman–Crippen LogP) is 2.93. The molecule has 118 valence electrons. The van der Waals surface area contributed by atoms with Crippen molar-refractivity contribution in [2.45, 2.75) is 50.0 Å². The molecule has 0 aliphatic heterocycles. The SMILES string of the molecule is CCSC1CCC(NC(=O)NCC(C)(O)c2cccs2)C1. The van der Waals surface area contributed by atoms with Gasteiger partial charge in [0.1, 0.15) is 5.60 Å². The molecule has 1 aromatic rings. The molecule has 0 aromatic carbocycles. The second-order valence-electron chi connectivity index (χ2n) is 5.67. The summed E-state index contributed by atoms with van der Waals surface area (Å²) in [6, 6.07) is 3.87. The molecule has 0 spiro atoms. The van der Waals surface area contributed by atoms with E-state index in [-0.39, 0.29) is 18.6 Å². The molecule has 1 fully saturated rings. The number of rotatable bonds is 6. The highest BCUT2D eigenvalue weighted by molar-refractivity contribution is 7.99. The lowest BCUT2D eigenvalue weighted by molar-refractivity contribution is 0.0630. The Morgan fingerprint density at radius 2 is 2.38 bits per heavy atom. The number of hydrogen-bond donors (Lipinski definition) is 3. The van der Waals surface area contributed by atoms with Gasteiger partial charge in [0.15, 0.2) is 0 Å². The Bertz CT molecular complexity index is 449. The molecule has 0 saturated heterocycles. The van der Waals surface area contributed by atoms with Gasteiger partial charge < -0.3 is 15.7 Å². The van der Waals surface area contributed by atoms with Crippen LogP contribution >= 0.6 is 23.1 Å². The fourth-order valence-electron chi connectivity index (χ4n) is 2.62. The molecule has 3 N–H and O–H groups in total. The maximum atomic E-state index is 11.9. The average molecular weight is 329 g/mol. The van der Waals surface area contributed by atoms with Crippen molar-refractivity contribution in [2.75, 3.05) is 12.3 Å². The molecule has 1 saturated carbocycles. The van der Waals surface area contributed by atoms with Gasteiger partial charge in [0.05, 0.1) is 6.54 Å². The maximum absolute atomic E-state index is 11.9. The minimum atomic E-state index is -1.01. The third-order valence-corrected chi connectivity index (χ3v) is 6.12. The van der Waals surface area contributed by atoms with Crippen LogP contribution in [0.1, 0.15) is 38.0 Å². The molecule has 21 heavy (non-hydrogen) atoms. The summed E-state index contributed by atoms with van der Waals surface area (Å²) >= 11 is 3.47. The topological polar surface area (TPSA) is 61.4 Å². The summed E-state index contributed by atoms with van der Waals surface area (Å²) in [5.74, 6) is 1.13. The lowest BCUT2D eigenvalue weighted by atomic mass is 10.1. The van der Waals surface area contributed by atoms with E-state index in [1.165, 1.54) is 17.8 Å². The Labute approximate surface area is 134 Å². The summed E-state index contributed by atoms with van der Waals surface area (Å²) in [5, 5.41) is 18.8. The van der Waals surface area contributed by atoms with Crippen molar-refractivity contribution in [3.05, 3.63) is 22.4 Å². The predicted molar refractivity (Wildman–Crippen MR) is 90.0 cm³/mol. The minimum Gasteiger partial charge on any atom is -0.383 e. The van der Waals surface area contributed by atoms with Gasteiger partial charge in [-0.25, -0.2) is 4.79 Å². The van der Waals surface area contributed by atoms with Crippen LogP contribution in [0, 0.1) is 0 Å². The summed E-state index contributed by atoms with van der Waals surface area (Å²) in [6.07, 6.45) is 3.27. The fourth-order valence-corrected chi connectivity index (χ4v) is 4.55. The maximum Gasteiger partial charge on any atom is 0.315 e. The standard InChI is InChI=1S/C15H24N2O2S2/c1-3-20-12-7-6-11(9-12)17-14(18)16-10-15(2,19)13-5-4-8-21-13/h4-5,8,11-12,19H,3,6-7,9-10H2,1-2H3,(H2,16,17,18). The third kappa shape index (κ3) is 4.90. The zero-order chi connectivity index (χ0) is 15.3. The molecule has 0 radical (unpaired) electrons. The average Bonchev–Trinajstić information content (AvgIpc) is 3.09. The van der Waals surface area contributed by atoms with Gasteiger partial charge in [-0.15, -0.1) is 11.3 Å². The van der Waals surface area contributed by atoms with Crippen LogP contribution in [0.25, 0.3) is 0 Å². The minimum absolute atomic E-state index is 0.182. The van der Waals surface area contributed by atoms with Gasteiger partial charge in [-0.2, -0.15) is 11.8 Å². The molecule has 1 aromatic heterocycles. The van der Waals surface area contributed by atoms with Crippen molar-refractivity contribution in [2.24, 2.45) is 0 Å². The van der Waals surface area contributed by atoms with Crippen molar-refractivity contribution in [1.82, 2.24) is 10.6 Å². The molecule has 1 heterocycles. The highest BCUT2D eigenvalue weighted by Gasteiger charge is 2.28. The Morgan fingerprint density at radius 1 is 1.57 bits per heavy atom. The van der Waals surface area contributed by atoms with Crippen LogP contribution in [0.15, 0.2) is 17.5 Å². The van der Waals surface area contributed by atoms with Crippen LogP contribution in [0.3, 0.4) is 0 Å². The lowest BCUT2D eigenvalue weighted by Gasteiger charge is -2.23. The van der Waals surface area contributed by atoms with E-state index >= 15 is 0 Å². The van der Waals surface area contributed by atoms with Gasteiger partial charge in [-0.3, -0.25) is 0 Å². The number of urea groups is 1. The summed E-state index contributed by atoms with van der Waals surface area (Å²) in [7, 11) is 0. The van der Waals surface area contributed by atoms with Crippen LogP contribution in [0.5, 0.6) is 0 Å². The molecule has 4 nitrogen and oxygen atoms in total. The van der Waals surface area contributed by atoms with Gasteiger partial charge in [0, 0.05) is 16.2 Å². The van der Waals surface area contributed by atoms with E-state index in [0.717, 1.165) is 23.5 Å².